The Hall–Kier alpha value is -1.06. The van der Waals surface area contributed by atoms with Gasteiger partial charge in [0.15, 0.2) is 0 Å². The maximum Gasteiger partial charge on any atom is 0.119 e. The standard InChI is InChI=1S/C15H25NO2/c1-5-16-10-13-6-8-14(9-7-13)18-11-15(4,17)12(2)3/h6-9,12,16-17H,5,10-11H2,1-4H3. The van der Waals surface area contributed by atoms with Gasteiger partial charge in [0.2, 0.25) is 0 Å². The molecule has 3 nitrogen and oxygen atoms in total. The van der Waals surface area contributed by atoms with Crippen LogP contribution in [-0.4, -0.2) is 23.9 Å². The van der Waals surface area contributed by atoms with Crippen LogP contribution in [0.1, 0.15) is 33.3 Å². The van der Waals surface area contributed by atoms with Crippen molar-refractivity contribution in [2.45, 2.75) is 39.8 Å². The molecule has 102 valence electrons. The van der Waals surface area contributed by atoms with Crippen LogP contribution in [0.2, 0.25) is 0 Å². The molecule has 0 radical (unpaired) electrons. The minimum atomic E-state index is -0.789. The van der Waals surface area contributed by atoms with Crippen LogP contribution in [0, 0.1) is 5.92 Å². The molecule has 0 fully saturated rings. The summed E-state index contributed by atoms with van der Waals surface area (Å²) >= 11 is 0. The summed E-state index contributed by atoms with van der Waals surface area (Å²) in [5, 5.41) is 13.4. The molecule has 0 bridgehead atoms. The highest BCUT2D eigenvalue weighted by Gasteiger charge is 2.25. The molecule has 1 aromatic carbocycles. The van der Waals surface area contributed by atoms with Crippen LogP contribution < -0.4 is 10.1 Å². The molecule has 1 aromatic rings. The van der Waals surface area contributed by atoms with E-state index < -0.39 is 5.60 Å². The first-order chi connectivity index (χ1) is 8.45. The van der Waals surface area contributed by atoms with Crippen molar-refractivity contribution in [2.24, 2.45) is 5.92 Å². The Morgan fingerprint density at radius 1 is 1.28 bits per heavy atom. The fourth-order valence-electron chi connectivity index (χ4n) is 1.37. The lowest BCUT2D eigenvalue weighted by Crippen LogP contribution is -2.37. The molecular formula is C15H25NO2. The third-order valence-electron chi connectivity index (χ3n) is 3.28. The molecule has 18 heavy (non-hydrogen) atoms. The van der Waals surface area contributed by atoms with E-state index in [4.69, 9.17) is 4.74 Å². The van der Waals surface area contributed by atoms with Crippen LogP contribution in [0.15, 0.2) is 24.3 Å². The van der Waals surface area contributed by atoms with Gasteiger partial charge >= 0.3 is 0 Å². The van der Waals surface area contributed by atoms with E-state index in [1.54, 1.807) is 6.92 Å². The van der Waals surface area contributed by atoms with E-state index in [1.807, 2.05) is 38.1 Å². The van der Waals surface area contributed by atoms with E-state index >= 15 is 0 Å². The molecule has 0 aliphatic heterocycles. The highest BCUT2D eigenvalue weighted by Crippen LogP contribution is 2.19. The summed E-state index contributed by atoms with van der Waals surface area (Å²) in [7, 11) is 0. The van der Waals surface area contributed by atoms with Gasteiger partial charge in [0, 0.05) is 6.54 Å². The summed E-state index contributed by atoms with van der Waals surface area (Å²) in [5.74, 6) is 0.974. The Morgan fingerprint density at radius 3 is 2.39 bits per heavy atom. The zero-order valence-electron chi connectivity index (χ0n) is 11.9. The highest BCUT2D eigenvalue weighted by atomic mass is 16.5. The summed E-state index contributed by atoms with van der Waals surface area (Å²) in [5.41, 5.74) is 0.447. The Kier molecular flexibility index (Phi) is 5.63. The number of aliphatic hydroxyl groups is 1. The fourth-order valence-corrected chi connectivity index (χ4v) is 1.37. The minimum absolute atomic E-state index is 0.172. The van der Waals surface area contributed by atoms with Gasteiger partial charge < -0.3 is 15.2 Å². The molecule has 0 saturated carbocycles. The normalized spacial score (nSPS) is 14.6. The Morgan fingerprint density at radius 2 is 1.89 bits per heavy atom. The Balaban J connectivity index is 2.49. The third kappa shape index (κ3) is 4.67. The molecule has 0 spiro atoms. The molecule has 0 aliphatic rings. The predicted molar refractivity (Wildman–Crippen MR) is 74.8 cm³/mol. The molecule has 0 amide bonds. The van der Waals surface area contributed by atoms with Crippen molar-refractivity contribution < 1.29 is 9.84 Å². The second-order valence-electron chi connectivity index (χ2n) is 5.22. The van der Waals surface area contributed by atoms with Gasteiger partial charge in [-0.15, -0.1) is 0 Å². The minimum Gasteiger partial charge on any atom is -0.491 e. The van der Waals surface area contributed by atoms with Crippen molar-refractivity contribution in [3.63, 3.8) is 0 Å². The molecular weight excluding hydrogens is 226 g/mol. The number of hydrogen-bond acceptors (Lipinski definition) is 3. The first-order valence-electron chi connectivity index (χ1n) is 6.60. The number of hydrogen-bond donors (Lipinski definition) is 2. The number of ether oxygens (including phenoxy) is 1. The number of nitrogens with one attached hydrogen (secondary N) is 1. The SMILES string of the molecule is CCNCc1ccc(OCC(C)(O)C(C)C)cc1. The molecule has 1 rings (SSSR count). The van der Waals surface area contributed by atoms with Gasteiger partial charge in [0.05, 0.1) is 5.60 Å². The summed E-state index contributed by atoms with van der Waals surface area (Å²) in [4.78, 5) is 0. The third-order valence-corrected chi connectivity index (χ3v) is 3.28. The highest BCUT2D eigenvalue weighted by molar-refractivity contribution is 5.27. The molecule has 3 heteroatoms. The van der Waals surface area contributed by atoms with E-state index in [1.165, 1.54) is 5.56 Å². The van der Waals surface area contributed by atoms with E-state index in [2.05, 4.69) is 12.2 Å². The molecule has 2 N–H and O–H groups in total. The van der Waals surface area contributed by atoms with Crippen LogP contribution in [-0.2, 0) is 6.54 Å². The van der Waals surface area contributed by atoms with Gasteiger partial charge in [-0.3, -0.25) is 0 Å². The van der Waals surface area contributed by atoms with E-state index in [-0.39, 0.29) is 5.92 Å². The second kappa shape index (κ2) is 6.76. The largest absolute Gasteiger partial charge is 0.491 e. The number of benzene rings is 1. The van der Waals surface area contributed by atoms with E-state index in [0.717, 1.165) is 18.8 Å². The maximum atomic E-state index is 10.1. The van der Waals surface area contributed by atoms with Crippen molar-refractivity contribution in [2.75, 3.05) is 13.2 Å². The van der Waals surface area contributed by atoms with Gasteiger partial charge in [0.1, 0.15) is 12.4 Å². The number of rotatable bonds is 7. The Labute approximate surface area is 110 Å². The smallest absolute Gasteiger partial charge is 0.119 e. The molecule has 0 aromatic heterocycles. The lowest BCUT2D eigenvalue weighted by molar-refractivity contribution is -0.0266. The van der Waals surface area contributed by atoms with Gasteiger partial charge in [-0.05, 0) is 37.1 Å². The molecule has 0 aliphatic carbocycles. The van der Waals surface area contributed by atoms with Gasteiger partial charge in [-0.25, -0.2) is 0 Å². The van der Waals surface area contributed by atoms with Crippen LogP contribution in [0.3, 0.4) is 0 Å². The molecule has 0 saturated heterocycles. The average molecular weight is 251 g/mol. The van der Waals surface area contributed by atoms with Crippen molar-refractivity contribution in [1.82, 2.24) is 5.32 Å². The van der Waals surface area contributed by atoms with E-state index in [0.29, 0.717) is 6.61 Å². The van der Waals surface area contributed by atoms with Gasteiger partial charge in [-0.1, -0.05) is 32.9 Å². The summed E-state index contributed by atoms with van der Waals surface area (Å²) in [6, 6.07) is 7.98. The van der Waals surface area contributed by atoms with Crippen LogP contribution in [0.5, 0.6) is 5.75 Å². The quantitative estimate of drug-likeness (QED) is 0.782. The van der Waals surface area contributed by atoms with Gasteiger partial charge in [0.25, 0.3) is 0 Å². The molecule has 1 unspecified atom stereocenters. The van der Waals surface area contributed by atoms with Crippen LogP contribution in [0.4, 0.5) is 0 Å². The van der Waals surface area contributed by atoms with Crippen molar-refractivity contribution >= 4 is 0 Å². The first kappa shape index (κ1) is 15.0. The van der Waals surface area contributed by atoms with Crippen molar-refractivity contribution in [1.29, 1.82) is 0 Å². The topological polar surface area (TPSA) is 41.5 Å². The summed E-state index contributed by atoms with van der Waals surface area (Å²) in [6.45, 7) is 10.0. The van der Waals surface area contributed by atoms with Crippen molar-refractivity contribution in [3.05, 3.63) is 29.8 Å². The summed E-state index contributed by atoms with van der Waals surface area (Å²) in [6.07, 6.45) is 0. The van der Waals surface area contributed by atoms with Crippen LogP contribution in [0.25, 0.3) is 0 Å². The second-order valence-corrected chi connectivity index (χ2v) is 5.22. The summed E-state index contributed by atoms with van der Waals surface area (Å²) < 4.78 is 5.62. The zero-order chi connectivity index (χ0) is 13.6. The van der Waals surface area contributed by atoms with Crippen LogP contribution >= 0.6 is 0 Å². The average Bonchev–Trinajstić information content (AvgIpc) is 2.35. The lowest BCUT2D eigenvalue weighted by atomic mass is 9.94. The maximum absolute atomic E-state index is 10.1. The Bertz CT molecular complexity index is 344. The van der Waals surface area contributed by atoms with Crippen molar-refractivity contribution in [3.8, 4) is 5.75 Å². The zero-order valence-corrected chi connectivity index (χ0v) is 11.9. The fraction of sp³-hybridized carbons (Fsp3) is 0.600. The molecule has 1 atom stereocenters. The van der Waals surface area contributed by atoms with Gasteiger partial charge in [-0.2, -0.15) is 0 Å². The molecule has 0 heterocycles. The monoisotopic (exact) mass is 251 g/mol. The predicted octanol–water partition coefficient (Wildman–Crippen LogP) is 2.58. The van der Waals surface area contributed by atoms with E-state index in [9.17, 15) is 5.11 Å². The first-order valence-corrected chi connectivity index (χ1v) is 6.60. The lowest BCUT2D eigenvalue weighted by Gasteiger charge is -2.27.